The van der Waals surface area contributed by atoms with Crippen molar-refractivity contribution in [2.75, 3.05) is 0 Å². The van der Waals surface area contributed by atoms with Gasteiger partial charge in [0.1, 0.15) is 0 Å². The Kier molecular flexibility index (Phi) is 7.04. The summed E-state index contributed by atoms with van der Waals surface area (Å²) in [6.07, 6.45) is 13.8. The molecule has 7 aromatic rings. The van der Waals surface area contributed by atoms with Crippen molar-refractivity contribution < 1.29 is 0 Å². The number of fused-ring (bicyclic) bond motifs is 5. The molecule has 4 aromatic carbocycles. The lowest BCUT2D eigenvalue weighted by Gasteiger charge is -2.36. The molecule has 3 heterocycles. The first-order valence-corrected chi connectivity index (χ1v) is 17.0. The normalized spacial score (nSPS) is 14.4. The SMILES string of the molecule is c1cncc(-c2cc(-c3cccnc3)nc(-c3cccc(-c4ccc(-c5ccc6c(c5)C5(CCCCC5)c5ccccc5-6)cc4)c3)c2)c1. The van der Waals surface area contributed by atoms with Crippen LogP contribution in [0.25, 0.3) is 67.0 Å². The zero-order chi connectivity index (χ0) is 31.9. The Morgan fingerprint density at radius 1 is 0.396 bits per heavy atom. The monoisotopic (exact) mass is 617 g/mol. The van der Waals surface area contributed by atoms with Gasteiger partial charge in [-0.05, 0) is 105 Å². The lowest BCUT2D eigenvalue weighted by atomic mass is 9.67. The molecule has 230 valence electrons. The number of nitrogens with zero attached hydrogens (tertiary/aromatic N) is 3. The molecule has 2 aliphatic rings. The average molecular weight is 618 g/mol. The summed E-state index contributed by atoms with van der Waals surface area (Å²) in [6, 6.07) is 46.4. The zero-order valence-corrected chi connectivity index (χ0v) is 26.8. The van der Waals surface area contributed by atoms with E-state index in [2.05, 4.69) is 125 Å². The van der Waals surface area contributed by atoms with Crippen molar-refractivity contribution >= 4 is 0 Å². The molecule has 1 saturated carbocycles. The van der Waals surface area contributed by atoms with Crippen molar-refractivity contribution in [3.05, 3.63) is 163 Å². The van der Waals surface area contributed by atoms with Gasteiger partial charge in [0.15, 0.2) is 0 Å². The predicted octanol–water partition coefficient (Wildman–Crippen LogP) is 11.4. The van der Waals surface area contributed by atoms with Gasteiger partial charge in [0.25, 0.3) is 0 Å². The molecule has 0 radical (unpaired) electrons. The molecule has 3 nitrogen and oxygen atoms in total. The molecule has 0 saturated heterocycles. The average Bonchev–Trinajstić information content (AvgIpc) is 3.43. The second-order valence-corrected chi connectivity index (χ2v) is 13.2. The van der Waals surface area contributed by atoms with E-state index in [-0.39, 0.29) is 5.41 Å². The number of benzene rings is 4. The molecule has 1 spiro atoms. The highest BCUT2D eigenvalue weighted by atomic mass is 14.7. The highest BCUT2D eigenvalue weighted by molar-refractivity contribution is 5.85. The van der Waals surface area contributed by atoms with E-state index in [0.717, 1.165) is 33.6 Å². The predicted molar refractivity (Wildman–Crippen MR) is 196 cm³/mol. The molecular formula is C45H35N3. The van der Waals surface area contributed by atoms with Crippen LogP contribution in [0.4, 0.5) is 0 Å². The molecule has 0 aliphatic heterocycles. The topological polar surface area (TPSA) is 38.7 Å². The molecule has 0 N–H and O–H groups in total. The van der Waals surface area contributed by atoms with Crippen LogP contribution in [0.2, 0.25) is 0 Å². The molecule has 0 bridgehead atoms. The number of hydrogen-bond acceptors (Lipinski definition) is 3. The van der Waals surface area contributed by atoms with Crippen molar-refractivity contribution in [1.29, 1.82) is 0 Å². The summed E-state index contributed by atoms with van der Waals surface area (Å²) in [5, 5.41) is 0. The van der Waals surface area contributed by atoms with Crippen LogP contribution < -0.4 is 0 Å². The first-order valence-electron chi connectivity index (χ1n) is 17.0. The number of pyridine rings is 3. The van der Waals surface area contributed by atoms with Crippen LogP contribution in [0, 0.1) is 0 Å². The van der Waals surface area contributed by atoms with Crippen molar-refractivity contribution in [3.8, 4) is 67.0 Å². The number of rotatable bonds is 5. The number of hydrogen-bond donors (Lipinski definition) is 0. The fourth-order valence-electron chi connectivity index (χ4n) is 8.08. The fourth-order valence-corrected chi connectivity index (χ4v) is 8.08. The van der Waals surface area contributed by atoms with Gasteiger partial charge in [-0.1, -0.05) is 104 Å². The van der Waals surface area contributed by atoms with E-state index >= 15 is 0 Å². The Morgan fingerprint density at radius 2 is 1.00 bits per heavy atom. The van der Waals surface area contributed by atoms with E-state index in [9.17, 15) is 0 Å². The van der Waals surface area contributed by atoms with Gasteiger partial charge < -0.3 is 0 Å². The molecule has 3 aromatic heterocycles. The standard InChI is InChI=1S/C45H35N3/c1-4-21-45(22-5-1)41-14-3-2-13-39(41)40-20-19-34(26-42(40)45)32-17-15-31(16-18-32)33-9-6-10-35(25-33)43-27-38(36-11-7-23-46-29-36)28-44(48-43)37-12-8-24-47-30-37/h2-3,6-20,23-30H,1,4-5,21-22H2. The Bertz CT molecular complexity index is 2190. The van der Waals surface area contributed by atoms with Crippen LogP contribution in [-0.4, -0.2) is 15.0 Å². The largest absolute Gasteiger partial charge is 0.264 e. The molecular weight excluding hydrogens is 583 g/mol. The van der Waals surface area contributed by atoms with E-state index in [0.29, 0.717) is 0 Å². The van der Waals surface area contributed by atoms with Crippen LogP contribution in [0.3, 0.4) is 0 Å². The second-order valence-electron chi connectivity index (χ2n) is 13.2. The summed E-state index contributed by atoms with van der Waals surface area (Å²) in [5.41, 5.74) is 17.0. The van der Waals surface area contributed by atoms with Crippen LogP contribution >= 0.6 is 0 Å². The van der Waals surface area contributed by atoms with Crippen molar-refractivity contribution in [2.24, 2.45) is 0 Å². The van der Waals surface area contributed by atoms with Gasteiger partial charge >= 0.3 is 0 Å². The summed E-state index contributed by atoms with van der Waals surface area (Å²) in [5.74, 6) is 0. The highest BCUT2D eigenvalue weighted by Gasteiger charge is 2.43. The van der Waals surface area contributed by atoms with Crippen molar-refractivity contribution in [1.82, 2.24) is 15.0 Å². The van der Waals surface area contributed by atoms with Gasteiger partial charge in [0, 0.05) is 46.9 Å². The Balaban J connectivity index is 1.06. The molecule has 48 heavy (non-hydrogen) atoms. The van der Waals surface area contributed by atoms with Gasteiger partial charge in [0.2, 0.25) is 0 Å². The minimum Gasteiger partial charge on any atom is -0.264 e. The number of aromatic nitrogens is 3. The maximum atomic E-state index is 5.11. The van der Waals surface area contributed by atoms with Gasteiger partial charge in [-0.25, -0.2) is 4.98 Å². The molecule has 9 rings (SSSR count). The minimum atomic E-state index is 0.166. The third kappa shape index (κ3) is 4.94. The maximum Gasteiger partial charge on any atom is 0.0731 e. The fraction of sp³-hybridized carbons (Fsp3) is 0.133. The summed E-state index contributed by atoms with van der Waals surface area (Å²) >= 11 is 0. The third-order valence-electron chi connectivity index (χ3n) is 10.5. The van der Waals surface area contributed by atoms with E-state index in [1.54, 1.807) is 18.0 Å². The lowest BCUT2D eigenvalue weighted by Crippen LogP contribution is -2.28. The second kappa shape index (κ2) is 11.8. The summed E-state index contributed by atoms with van der Waals surface area (Å²) in [6.45, 7) is 0. The van der Waals surface area contributed by atoms with E-state index in [4.69, 9.17) is 4.98 Å². The molecule has 0 atom stereocenters. The van der Waals surface area contributed by atoms with Gasteiger partial charge in [-0.2, -0.15) is 0 Å². The van der Waals surface area contributed by atoms with Crippen LogP contribution in [0.1, 0.15) is 43.2 Å². The quantitative estimate of drug-likeness (QED) is 0.193. The van der Waals surface area contributed by atoms with Crippen LogP contribution in [0.15, 0.2) is 152 Å². The molecule has 0 amide bonds. The smallest absolute Gasteiger partial charge is 0.0731 e. The summed E-state index contributed by atoms with van der Waals surface area (Å²) in [4.78, 5) is 13.8. The van der Waals surface area contributed by atoms with Gasteiger partial charge in [-0.15, -0.1) is 0 Å². The Morgan fingerprint density at radius 3 is 1.73 bits per heavy atom. The lowest BCUT2D eigenvalue weighted by molar-refractivity contribution is 0.353. The minimum absolute atomic E-state index is 0.166. The Hall–Kier alpha value is -5.67. The first-order chi connectivity index (χ1) is 23.7. The van der Waals surface area contributed by atoms with E-state index in [1.807, 2.05) is 24.5 Å². The first kappa shape index (κ1) is 28.5. The van der Waals surface area contributed by atoms with Gasteiger partial charge in [-0.3, -0.25) is 9.97 Å². The summed E-state index contributed by atoms with van der Waals surface area (Å²) in [7, 11) is 0. The zero-order valence-electron chi connectivity index (χ0n) is 26.8. The van der Waals surface area contributed by atoms with Crippen LogP contribution in [-0.2, 0) is 5.41 Å². The molecule has 0 unspecified atom stereocenters. The van der Waals surface area contributed by atoms with Gasteiger partial charge in [0.05, 0.1) is 11.4 Å². The third-order valence-corrected chi connectivity index (χ3v) is 10.5. The molecule has 1 fully saturated rings. The van der Waals surface area contributed by atoms with E-state index in [1.165, 1.54) is 71.0 Å². The highest BCUT2D eigenvalue weighted by Crippen LogP contribution is 2.56. The Labute approximate surface area is 282 Å². The molecule has 3 heteroatoms. The maximum absolute atomic E-state index is 5.11. The van der Waals surface area contributed by atoms with Crippen molar-refractivity contribution in [2.45, 2.75) is 37.5 Å². The van der Waals surface area contributed by atoms with E-state index < -0.39 is 0 Å². The van der Waals surface area contributed by atoms with Crippen LogP contribution in [0.5, 0.6) is 0 Å². The summed E-state index contributed by atoms with van der Waals surface area (Å²) < 4.78 is 0. The van der Waals surface area contributed by atoms with Crippen molar-refractivity contribution in [3.63, 3.8) is 0 Å². The molecule has 2 aliphatic carbocycles.